The largest absolute Gasteiger partial charge is 0.485 e. The van der Waals surface area contributed by atoms with Gasteiger partial charge in [0.15, 0.2) is 11.5 Å². The monoisotopic (exact) mass is 345 g/mol. The number of para-hydroxylation sites is 2. The van der Waals surface area contributed by atoms with E-state index in [-0.39, 0.29) is 24.4 Å². The van der Waals surface area contributed by atoms with Crippen LogP contribution in [0.1, 0.15) is 18.0 Å². The number of thioether (sulfide) groups is 1. The lowest BCUT2D eigenvalue weighted by molar-refractivity contribution is -0.131. The Morgan fingerprint density at radius 3 is 2.88 bits per heavy atom. The lowest BCUT2D eigenvalue weighted by Gasteiger charge is -2.30. The summed E-state index contributed by atoms with van der Waals surface area (Å²) in [5.41, 5.74) is 0.830. The molecular weight excluding hydrogens is 329 g/mol. The van der Waals surface area contributed by atoms with Crippen LogP contribution in [0, 0.1) is 5.82 Å². The van der Waals surface area contributed by atoms with Gasteiger partial charge in [0.2, 0.25) is 6.10 Å². The van der Waals surface area contributed by atoms with Crippen LogP contribution in [-0.2, 0) is 4.79 Å². The van der Waals surface area contributed by atoms with Gasteiger partial charge in [-0.15, -0.1) is 11.8 Å². The molecule has 2 aromatic rings. The highest BCUT2D eigenvalue weighted by Gasteiger charge is 2.31. The van der Waals surface area contributed by atoms with Gasteiger partial charge >= 0.3 is 0 Å². The molecule has 2 aromatic carbocycles. The summed E-state index contributed by atoms with van der Waals surface area (Å²) >= 11 is 1.49. The van der Waals surface area contributed by atoms with Crippen LogP contribution in [0.15, 0.2) is 47.4 Å². The molecule has 0 aliphatic carbocycles. The Morgan fingerprint density at radius 1 is 1.17 bits per heavy atom. The summed E-state index contributed by atoms with van der Waals surface area (Å²) in [6.45, 7) is 0.167. The fourth-order valence-electron chi connectivity index (χ4n) is 2.95. The van der Waals surface area contributed by atoms with Crippen LogP contribution in [0.5, 0.6) is 11.5 Å². The molecule has 2 heterocycles. The van der Waals surface area contributed by atoms with Crippen LogP contribution >= 0.6 is 11.8 Å². The van der Waals surface area contributed by atoms with Crippen molar-refractivity contribution in [2.45, 2.75) is 23.5 Å². The van der Waals surface area contributed by atoms with Crippen molar-refractivity contribution in [2.75, 3.05) is 12.4 Å². The number of hydrogen-bond donors (Lipinski definition) is 1. The van der Waals surface area contributed by atoms with Gasteiger partial charge in [-0.1, -0.05) is 24.3 Å². The average molecular weight is 345 g/mol. The summed E-state index contributed by atoms with van der Waals surface area (Å²) < 4.78 is 25.2. The first-order valence-corrected chi connectivity index (χ1v) is 8.81. The molecule has 0 saturated carbocycles. The molecular formula is C18H16FNO3S. The van der Waals surface area contributed by atoms with E-state index in [9.17, 15) is 9.18 Å². The fraction of sp³-hybridized carbons (Fsp3) is 0.278. The van der Waals surface area contributed by atoms with E-state index in [4.69, 9.17) is 9.47 Å². The molecule has 24 heavy (non-hydrogen) atoms. The zero-order chi connectivity index (χ0) is 16.5. The number of rotatable bonds is 2. The van der Waals surface area contributed by atoms with Crippen LogP contribution in [0.25, 0.3) is 0 Å². The van der Waals surface area contributed by atoms with Gasteiger partial charge in [-0.3, -0.25) is 4.79 Å². The quantitative estimate of drug-likeness (QED) is 0.907. The number of halogens is 1. The van der Waals surface area contributed by atoms with Gasteiger partial charge < -0.3 is 14.8 Å². The maximum absolute atomic E-state index is 13.9. The Kier molecular flexibility index (Phi) is 4.06. The minimum absolute atomic E-state index is 0.167. The Morgan fingerprint density at radius 2 is 2.00 bits per heavy atom. The van der Waals surface area contributed by atoms with Crippen LogP contribution in [0.4, 0.5) is 4.39 Å². The molecule has 0 bridgehead atoms. The number of carbonyl (C=O) groups excluding carboxylic acids is 1. The molecule has 6 heteroatoms. The van der Waals surface area contributed by atoms with Crippen molar-refractivity contribution >= 4 is 17.7 Å². The van der Waals surface area contributed by atoms with Crippen LogP contribution < -0.4 is 14.8 Å². The second kappa shape index (κ2) is 6.36. The van der Waals surface area contributed by atoms with Gasteiger partial charge in [-0.2, -0.15) is 0 Å². The van der Waals surface area contributed by atoms with Gasteiger partial charge in [0, 0.05) is 10.6 Å². The summed E-state index contributed by atoms with van der Waals surface area (Å²) in [5.74, 6) is 1.50. The Balaban J connectivity index is 1.49. The second-order valence-corrected chi connectivity index (χ2v) is 6.83. The molecule has 0 radical (unpaired) electrons. The zero-order valence-electron chi connectivity index (χ0n) is 12.8. The van der Waals surface area contributed by atoms with E-state index in [1.165, 1.54) is 17.8 Å². The maximum Gasteiger partial charge on any atom is 0.265 e. The van der Waals surface area contributed by atoms with Crippen molar-refractivity contribution in [3.63, 3.8) is 0 Å². The average Bonchev–Trinajstić information content (AvgIpc) is 2.62. The standard InChI is InChI=1S/C18H16FNO3S/c19-12-5-3-4-11-13(8-9-24-17(11)12)20-18(21)16-10-22-14-6-1-2-7-15(14)23-16/h1-7,13,16H,8-10H2,(H,20,21)/t13-,16+/m1/s1. The lowest BCUT2D eigenvalue weighted by atomic mass is 10.0. The van der Waals surface area contributed by atoms with Crippen molar-refractivity contribution in [1.82, 2.24) is 5.32 Å². The molecule has 0 spiro atoms. The molecule has 1 N–H and O–H groups in total. The number of benzene rings is 2. The minimum Gasteiger partial charge on any atom is -0.485 e. The number of nitrogens with one attached hydrogen (secondary N) is 1. The number of carbonyl (C=O) groups is 1. The highest BCUT2D eigenvalue weighted by molar-refractivity contribution is 7.99. The van der Waals surface area contributed by atoms with Crippen molar-refractivity contribution in [3.8, 4) is 11.5 Å². The number of hydrogen-bond acceptors (Lipinski definition) is 4. The van der Waals surface area contributed by atoms with Gasteiger partial charge in [0.1, 0.15) is 12.4 Å². The third-order valence-corrected chi connectivity index (χ3v) is 5.30. The van der Waals surface area contributed by atoms with Gasteiger partial charge in [0.25, 0.3) is 5.91 Å². The molecule has 2 atom stereocenters. The van der Waals surface area contributed by atoms with E-state index in [0.717, 1.165) is 17.7 Å². The first kappa shape index (κ1) is 15.3. The predicted octanol–water partition coefficient (Wildman–Crippen LogP) is 3.32. The highest BCUT2D eigenvalue weighted by atomic mass is 32.2. The number of ether oxygens (including phenoxy) is 2. The van der Waals surface area contributed by atoms with Gasteiger partial charge in [-0.25, -0.2) is 4.39 Å². The van der Waals surface area contributed by atoms with E-state index >= 15 is 0 Å². The molecule has 0 aromatic heterocycles. The molecule has 4 nitrogen and oxygen atoms in total. The predicted molar refractivity (Wildman–Crippen MR) is 89.0 cm³/mol. The molecule has 124 valence electrons. The fourth-order valence-corrected chi connectivity index (χ4v) is 4.09. The van der Waals surface area contributed by atoms with Gasteiger partial charge in [-0.05, 0) is 30.2 Å². The Bertz CT molecular complexity index is 783. The first-order valence-electron chi connectivity index (χ1n) is 7.82. The van der Waals surface area contributed by atoms with Crippen LogP contribution in [0.2, 0.25) is 0 Å². The Labute approximate surface area is 143 Å². The Hall–Kier alpha value is -2.21. The van der Waals surface area contributed by atoms with E-state index < -0.39 is 6.10 Å². The summed E-state index contributed by atoms with van der Waals surface area (Å²) in [5, 5.41) is 2.98. The molecule has 2 aliphatic rings. The van der Waals surface area contributed by atoms with E-state index in [0.29, 0.717) is 16.4 Å². The maximum atomic E-state index is 13.9. The van der Waals surface area contributed by atoms with E-state index in [2.05, 4.69) is 5.32 Å². The molecule has 0 saturated heterocycles. The highest BCUT2D eigenvalue weighted by Crippen LogP contribution is 2.38. The second-order valence-electron chi connectivity index (χ2n) is 5.72. The smallest absolute Gasteiger partial charge is 0.265 e. The summed E-state index contributed by atoms with van der Waals surface area (Å²) in [6.07, 6.45) is 0.0586. The van der Waals surface area contributed by atoms with Crippen molar-refractivity contribution in [2.24, 2.45) is 0 Å². The molecule has 0 unspecified atom stereocenters. The van der Waals surface area contributed by atoms with E-state index in [1.54, 1.807) is 18.2 Å². The third kappa shape index (κ3) is 2.82. The molecule has 0 fully saturated rings. The molecule has 4 rings (SSSR count). The number of fused-ring (bicyclic) bond motifs is 2. The molecule has 2 aliphatic heterocycles. The van der Waals surface area contributed by atoms with Crippen LogP contribution in [0.3, 0.4) is 0 Å². The topological polar surface area (TPSA) is 47.6 Å². The first-order chi connectivity index (χ1) is 11.7. The van der Waals surface area contributed by atoms with Crippen molar-refractivity contribution in [3.05, 3.63) is 53.8 Å². The number of amides is 1. The summed E-state index contributed by atoms with van der Waals surface area (Å²) in [7, 11) is 0. The molecule has 1 amide bonds. The van der Waals surface area contributed by atoms with Crippen LogP contribution in [-0.4, -0.2) is 24.4 Å². The summed E-state index contributed by atoms with van der Waals surface area (Å²) in [6, 6.07) is 12.1. The SMILES string of the molecule is O=C(N[C@@H]1CCSc2c(F)cccc21)[C@@H]1COc2ccccc2O1. The van der Waals surface area contributed by atoms with E-state index in [1.807, 2.05) is 18.2 Å². The zero-order valence-corrected chi connectivity index (χ0v) is 13.6. The van der Waals surface area contributed by atoms with Crippen molar-refractivity contribution < 1.29 is 18.7 Å². The lowest BCUT2D eigenvalue weighted by Crippen LogP contribution is -2.45. The third-order valence-electron chi connectivity index (χ3n) is 4.14. The van der Waals surface area contributed by atoms with Crippen molar-refractivity contribution in [1.29, 1.82) is 0 Å². The normalized spacial score (nSPS) is 21.7. The minimum atomic E-state index is -0.702. The van der Waals surface area contributed by atoms with Gasteiger partial charge in [0.05, 0.1) is 6.04 Å². The summed E-state index contributed by atoms with van der Waals surface area (Å²) in [4.78, 5) is 13.2.